The van der Waals surface area contributed by atoms with Crippen LogP contribution in [0.25, 0.3) is 0 Å². The van der Waals surface area contributed by atoms with Crippen LogP contribution in [-0.2, 0) is 6.54 Å². The molecular weight excluding hydrogens is 382 g/mol. The highest BCUT2D eigenvalue weighted by molar-refractivity contribution is 9.11. The first-order valence-electron chi connectivity index (χ1n) is 7.39. The van der Waals surface area contributed by atoms with E-state index < -0.39 is 0 Å². The van der Waals surface area contributed by atoms with Gasteiger partial charge < -0.3 is 5.11 Å². The average Bonchev–Trinajstić information content (AvgIpc) is 2.46. The number of rotatable bonds is 4. The molecule has 4 heteroatoms. The molecule has 20 heavy (non-hydrogen) atoms. The highest BCUT2D eigenvalue weighted by atomic mass is 79.9. The lowest BCUT2D eigenvalue weighted by Crippen LogP contribution is -2.39. The Hall–Kier alpha value is -0.0600. The molecule has 0 spiro atoms. The summed E-state index contributed by atoms with van der Waals surface area (Å²) in [6.45, 7) is 7.97. The molecule has 1 fully saturated rings. The van der Waals surface area contributed by atoms with E-state index in [1.807, 2.05) is 12.1 Å². The van der Waals surface area contributed by atoms with E-state index in [4.69, 9.17) is 0 Å². The van der Waals surface area contributed by atoms with Crippen LogP contribution in [0.4, 0.5) is 0 Å². The van der Waals surface area contributed by atoms with E-state index in [2.05, 4.69) is 50.6 Å². The Morgan fingerprint density at radius 3 is 2.05 bits per heavy atom. The molecule has 112 valence electrons. The monoisotopic (exact) mass is 403 g/mol. The van der Waals surface area contributed by atoms with Crippen molar-refractivity contribution >= 4 is 31.9 Å². The maximum absolute atomic E-state index is 9.76. The van der Waals surface area contributed by atoms with Crippen molar-refractivity contribution in [3.05, 3.63) is 26.6 Å². The molecule has 1 heterocycles. The third-order valence-corrected chi connectivity index (χ3v) is 6.11. The smallest absolute Gasteiger partial charge is 0.143 e. The van der Waals surface area contributed by atoms with E-state index in [9.17, 15) is 5.11 Å². The SMILES string of the molecule is CCC1(CC)CCN(Cc2cc(Br)c(O)c(Br)c2)CC1. The van der Waals surface area contributed by atoms with Gasteiger partial charge in [-0.05, 0) is 80.9 Å². The molecule has 0 radical (unpaired) electrons. The van der Waals surface area contributed by atoms with Crippen LogP contribution in [0.15, 0.2) is 21.1 Å². The number of phenolic OH excluding ortho intramolecular Hbond substituents is 1. The van der Waals surface area contributed by atoms with Gasteiger partial charge in [0.25, 0.3) is 0 Å². The van der Waals surface area contributed by atoms with E-state index in [0.29, 0.717) is 5.41 Å². The molecule has 0 saturated carbocycles. The van der Waals surface area contributed by atoms with Gasteiger partial charge in [0, 0.05) is 6.54 Å². The van der Waals surface area contributed by atoms with Crippen LogP contribution in [0.3, 0.4) is 0 Å². The first-order valence-corrected chi connectivity index (χ1v) is 8.97. The number of benzene rings is 1. The van der Waals surface area contributed by atoms with E-state index >= 15 is 0 Å². The zero-order valence-corrected chi connectivity index (χ0v) is 15.4. The van der Waals surface area contributed by atoms with Gasteiger partial charge in [-0.3, -0.25) is 4.90 Å². The van der Waals surface area contributed by atoms with Crippen LogP contribution in [-0.4, -0.2) is 23.1 Å². The molecule has 1 aliphatic heterocycles. The van der Waals surface area contributed by atoms with Gasteiger partial charge in [0.05, 0.1) is 8.95 Å². The Labute approximate surface area is 138 Å². The Morgan fingerprint density at radius 1 is 1.10 bits per heavy atom. The molecule has 0 aromatic heterocycles. The Balaban J connectivity index is 1.99. The molecule has 0 bridgehead atoms. The van der Waals surface area contributed by atoms with Gasteiger partial charge in [0.15, 0.2) is 0 Å². The highest BCUT2D eigenvalue weighted by Gasteiger charge is 2.31. The highest BCUT2D eigenvalue weighted by Crippen LogP contribution is 2.39. The van der Waals surface area contributed by atoms with E-state index in [1.165, 1.54) is 44.3 Å². The minimum absolute atomic E-state index is 0.281. The molecule has 1 aromatic rings. The maximum Gasteiger partial charge on any atom is 0.143 e. The summed E-state index contributed by atoms with van der Waals surface area (Å²) in [6.07, 6.45) is 5.21. The molecule has 2 nitrogen and oxygen atoms in total. The predicted molar refractivity (Wildman–Crippen MR) is 91.0 cm³/mol. The fourth-order valence-electron chi connectivity index (χ4n) is 3.11. The number of halogens is 2. The van der Waals surface area contributed by atoms with Crippen LogP contribution >= 0.6 is 31.9 Å². The summed E-state index contributed by atoms with van der Waals surface area (Å²) in [5, 5.41) is 9.76. The van der Waals surface area contributed by atoms with Gasteiger partial charge in [-0.15, -0.1) is 0 Å². The summed E-state index contributed by atoms with van der Waals surface area (Å²) in [5.74, 6) is 0.281. The first kappa shape index (κ1) is 16.3. The Kier molecular flexibility index (Phi) is 5.55. The maximum atomic E-state index is 9.76. The van der Waals surface area contributed by atoms with Gasteiger partial charge >= 0.3 is 0 Å². The second-order valence-corrected chi connectivity index (χ2v) is 7.60. The number of aromatic hydroxyl groups is 1. The van der Waals surface area contributed by atoms with E-state index in [1.54, 1.807) is 0 Å². The van der Waals surface area contributed by atoms with Crippen molar-refractivity contribution in [2.75, 3.05) is 13.1 Å². The van der Waals surface area contributed by atoms with Crippen molar-refractivity contribution in [2.45, 2.75) is 46.1 Å². The standard InChI is InChI=1S/C16H23Br2NO/c1-3-16(4-2)5-7-19(8-6-16)11-12-9-13(17)15(20)14(18)10-12/h9-10,20H,3-8,11H2,1-2H3. The molecule has 1 aliphatic rings. The lowest BCUT2D eigenvalue weighted by Gasteiger charge is -2.41. The molecule has 1 N–H and O–H groups in total. The largest absolute Gasteiger partial charge is 0.506 e. The molecule has 1 aromatic carbocycles. The summed E-state index contributed by atoms with van der Waals surface area (Å²) in [5.41, 5.74) is 1.81. The van der Waals surface area contributed by atoms with Crippen LogP contribution < -0.4 is 0 Å². The predicted octanol–water partition coefficient (Wildman–Crippen LogP) is 5.32. The lowest BCUT2D eigenvalue weighted by atomic mass is 9.74. The van der Waals surface area contributed by atoms with Gasteiger partial charge in [0.1, 0.15) is 5.75 Å². The number of nitrogens with zero attached hydrogens (tertiary/aromatic N) is 1. The van der Waals surface area contributed by atoms with Crippen molar-refractivity contribution < 1.29 is 5.11 Å². The number of likely N-dealkylation sites (tertiary alicyclic amines) is 1. The summed E-state index contributed by atoms with van der Waals surface area (Å²) < 4.78 is 1.52. The van der Waals surface area contributed by atoms with E-state index in [-0.39, 0.29) is 5.75 Å². The minimum atomic E-state index is 0.281. The van der Waals surface area contributed by atoms with Gasteiger partial charge in [-0.2, -0.15) is 0 Å². The second kappa shape index (κ2) is 6.80. The summed E-state index contributed by atoms with van der Waals surface area (Å²) in [7, 11) is 0. The topological polar surface area (TPSA) is 23.5 Å². The molecule has 0 atom stereocenters. The molecule has 0 unspecified atom stereocenters. The van der Waals surface area contributed by atoms with E-state index in [0.717, 1.165) is 15.5 Å². The number of piperidine rings is 1. The van der Waals surface area contributed by atoms with Crippen molar-refractivity contribution in [3.63, 3.8) is 0 Å². The van der Waals surface area contributed by atoms with Crippen LogP contribution in [0.2, 0.25) is 0 Å². The zero-order valence-electron chi connectivity index (χ0n) is 12.3. The quantitative estimate of drug-likeness (QED) is 0.733. The Morgan fingerprint density at radius 2 is 1.60 bits per heavy atom. The second-order valence-electron chi connectivity index (χ2n) is 5.89. The number of phenols is 1. The van der Waals surface area contributed by atoms with Crippen molar-refractivity contribution in [1.82, 2.24) is 4.90 Å². The van der Waals surface area contributed by atoms with Crippen molar-refractivity contribution in [2.24, 2.45) is 5.41 Å². The molecule has 0 aliphatic carbocycles. The van der Waals surface area contributed by atoms with Crippen molar-refractivity contribution in [3.8, 4) is 5.75 Å². The molecule has 2 rings (SSSR count). The third kappa shape index (κ3) is 3.58. The van der Waals surface area contributed by atoms with Crippen LogP contribution in [0.1, 0.15) is 45.1 Å². The summed E-state index contributed by atoms with van der Waals surface area (Å²) >= 11 is 6.81. The minimum Gasteiger partial charge on any atom is -0.506 e. The van der Waals surface area contributed by atoms with Crippen molar-refractivity contribution in [1.29, 1.82) is 0 Å². The molecular formula is C16H23Br2NO. The Bertz CT molecular complexity index is 439. The van der Waals surface area contributed by atoms with Gasteiger partial charge in [0.2, 0.25) is 0 Å². The number of hydrogen-bond acceptors (Lipinski definition) is 2. The zero-order chi connectivity index (χ0) is 14.8. The number of hydrogen-bond donors (Lipinski definition) is 1. The third-order valence-electron chi connectivity index (χ3n) is 4.90. The average molecular weight is 405 g/mol. The first-order chi connectivity index (χ1) is 9.49. The molecule has 0 amide bonds. The fraction of sp³-hybridized carbons (Fsp3) is 0.625. The van der Waals surface area contributed by atoms with Gasteiger partial charge in [-0.25, -0.2) is 0 Å². The van der Waals surface area contributed by atoms with Crippen LogP contribution in [0.5, 0.6) is 5.75 Å². The lowest BCUT2D eigenvalue weighted by molar-refractivity contribution is 0.0908. The normalized spacial score (nSPS) is 19.2. The van der Waals surface area contributed by atoms with Crippen LogP contribution in [0, 0.1) is 5.41 Å². The summed E-state index contributed by atoms with van der Waals surface area (Å²) in [4.78, 5) is 2.52. The summed E-state index contributed by atoms with van der Waals surface area (Å²) in [6, 6.07) is 4.03. The fourth-order valence-corrected chi connectivity index (χ4v) is 4.39. The molecule has 1 saturated heterocycles. The van der Waals surface area contributed by atoms with Gasteiger partial charge in [-0.1, -0.05) is 26.7 Å².